The summed E-state index contributed by atoms with van der Waals surface area (Å²) in [5.41, 5.74) is -0.467. The molecule has 0 saturated heterocycles. The molecule has 1 heterocycles. The van der Waals surface area contributed by atoms with E-state index in [1.807, 2.05) is 0 Å². The van der Waals surface area contributed by atoms with E-state index in [0.717, 1.165) is 25.9 Å². The topological polar surface area (TPSA) is 32.3 Å². The standard InChI is InChI=1S/C13H20BrNOS/c14-12-6-5-11(17-12)9-15-10-13(16)7-3-1-2-4-8-13/h5-6,15-16H,1-4,7-10H2. The highest BCUT2D eigenvalue weighted by atomic mass is 79.9. The molecule has 4 heteroatoms. The molecule has 0 unspecified atom stereocenters. The first-order valence-electron chi connectivity index (χ1n) is 6.35. The number of halogens is 1. The van der Waals surface area contributed by atoms with Crippen LogP contribution in [-0.2, 0) is 6.54 Å². The van der Waals surface area contributed by atoms with Crippen molar-refractivity contribution in [1.82, 2.24) is 5.32 Å². The van der Waals surface area contributed by atoms with Crippen molar-refractivity contribution in [3.8, 4) is 0 Å². The van der Waals surface area contributed by atoms with Crippen molar-refractivity contribution in [2.24, 2.45) is 0 Å². The summed E-state index contributed by atoms with van der Waals surface area (Å²) >= 11 is 5.21. The van der Waals surface area contributed by atoms with Crippen LogP contribution < -0.4 is 5.32 Å². The van der Waals surface area contributed by atoms with Gasteiger partial charge in [-0.3, -0.25) is 0 Å². The Morgan fingerprint density at radius 3 is 2.53 bits per heavy atom. The first kappa shape index (κ1) is 13.5. The maximum Gasteiger partial charge on any atom is 0.0771 e. The molecule has 1 saturated carbocycles. The molecular weight excluding hydrogens is 298 g/mol. The lowest BCUT2D eigenvalue weighted by Crippen LogP contribution is -2.39. The molecule has 0 radical (unpaired) electrons. The molecule has 0 amide bonds. The van der Waals surface area contributed by atoms with Gasteiger partial charge in [-0.15, -0.1) is 11.3 Å². The summed E-state index contributed by atoms with van der Waals surface area (Å²) in [5.74, 6) is 0. The molecule has 0 aliphatic heterocycles. The van der Waals surface area contributed by atoms with Crippen LogP contribution in [-0.4, -0.2) is 17.3 Å². The molecule has 0 atom stereocenters. The lowest BCUT2D eigenvalue weighted by Gasteiger charge is -2.26. The van der Waals surface area contributed by atoms with Crippen LogP contribution in [0.1, 0.15) is 43.4 Å². The molecule has 1 fully saturated rings. The molecule has 1 aliphatic rings. The van der Waals surface area contributed by atoms with E-state index in [1.54, 1.807) is 11.3 Å². The number of aliphatic hydroxyl groups is 1. The van der Waals surface area contributed by atoms with Crippen molar-refractivity contribution in [3.05, 3.63) is 20.8 Å². The van der Waals surface area contributed by atoms with Crippen LogP contribution in [0, 0.1) is 0 Å². The Kier molecular flexibility index (Phi) is 5.03. The Morgan fingerprint density at radius 1 is 1.24 bits per heavy atom. The summed E-state index contributed by atoms with van der Waals surface area (Å²) in [4.78, 5) is 1.31. The molecule has 1 aromatic rings. The van der Waals surface area contributed by atoms with E-state index in [-0.39, 0.29) is 0 Å². The third-order valence-electron chi connectivity index (χ3n) is 3.42. The molecule has 2 rings (SSSR count). The second kappa shape index (κ2) is 6.32. The maximum atomic E-state index is 10.5. The normalized spacial score (nSPS) is 20.1. The summed E-state index contributed by atoms with van der Waals surface area (Å²) in [6.07, 6.45) is 6.80. The molecule has 2 N–H and O–H groups in total. The smallest absolute Gasteiger partial charge is 0.0771 e. The fraction of sp³-hybridized carbons (Fsp3) is 0.692. The fourth-order valence-electron chi connectivity index (χ4n) is 2.43. The van der Waals surface area contributed by atoms with Crippen LogP contribution in [0.5, 0.6) is 0 Å². The van der Waals surface area contributed by atoms with Gasteiger partial charge < -0.3 is 10.4 Å². The Bertz CT molecular complexity index is 345. The Morgan fingerprint density at radius 2 is 1.94 bits per heavy atom. The summed E-state index contributed by atoms with van der Waals surface area (Å²) in [7, 11) is 0. The van der Waals surface area contributed by atoms with Crippen LogP contribution in [0.25, 0.3) is 0 Å². The third-order valence-corrected chi connectivity index (χ3v) is 5.04. The summed E-state index contributed by atoms with van der Waals surface area (Å²) in [6, 6.07) is 4.20. The minimum atomic E-state index is -0.467. The van der Waals surface area contributed by atoms with E-state index < -0.39 is 5.60 Å². The van der Waals surface area contributed by atoms with Gasteiger partial charge in [-0.2, -0.15) is 0 Å². The van der Waals surface area contributed by atoms with Gasteiger partial charge >= 0.3 is 0 Å². The van der Waals surface area contributed by atoms with Gasteiger partial charge in [0.2, 0.25) is 0 Å². The number of nitrogens with one attached hydrogen (secondary N) is 1. The highest BCUT2D eigenvalue weighted by Gasteiger charge is 2.27. The van der Waals surface area contributed by atoms with Gasteiger partial charge in [-0.1, -0.05) is 25.7 Å². The van der Waals surface area contributed by atoms with Gasteiger partial charge in [-0.25, -0.2) is 0 Å². The quantitative estimate of drug-likeness (QED) is 0.830. The highest BCUT2D eigenvalue weighted by Crippen LogP contribution is 2.27. The van der Waals surface area contributed by atoms with Gasteiger partial charge in [0.15, 0.2) is 0 Å². The van der Waals surface area contributed by atoms with Crippen molar-refractivity contribution < 1.29 is 5.11 Å². The number of hydrogen-bond donors (Lipinski definition) is 2. The molecular formula is C13H20BrNOS. The lowest BCUT2D eigenvalue weighted by molar-refractivity contribution is 0.0251. The fourth-order valence-corrected chi connectivity index (χ4v) is 3.88. The third kappa shape index (κ3) is 4.36. The van der Waals surface area contributed by atoms with E-state index in [0.29, 0.717) is 0 Å². The number of rotatable bonds is 4. The Balaban J connectivity index is 1.76. The zero-order chi connectivity index (χ0) is 12.1. The number of hydrogen-bond acceptors (Lipinski definition) is 3. The highest BCUT2D eigenvalue weighted by molar-refractivity contribution is 9.11. The van der Waals surface area contributed by atoms with Crippen molar-refractivity contribution >= 4 is 27.3 Å². The molecule has 0 bridgehead atoms. The summed E-state index contributed by atoms with van der Waals surface area (Å²) in [5, 5.41) is 13.9. The first-order chi connectivity index (χ1) is 8.18. The lowest BCUT2D eigenvalue weighted by atomic mass is 9.94. The van der Waals surface area contributed by atoms with Crippen LogP contribution in [0.2, 0.25) is 0 Å². The second-order valence-electron chi connectivity index (χ2n) is 4.95. The average Bonchev–Trinajstić information content (AvgIpc) is 2.58. The van der Waals surface area contributed by atoms with Gasteiger partial charge in [0.25, 0.3) is 0 Å². The second-order valence-corrected chi connectivity index (χ2v) is 7.50. The van der Waals surface area contributed by atoms with E-state index in [2.05, 4.69) is 33.4 Å². The van der Waals surface area contributed by atoms with Crippen LogP contribution in [0.4, 0.5) is 0 Å². The predicted octanol–water partition coefficient (Wildman–Crippen LogP) is 3.69. The molecule has 2 nitrogen and oxygen atoms in total. The Labute approximate surface area is 116 Å². The minimum absolute atomic E-state index is 0.467. The van der Waals surface area contributed by atoms with Crippen LogP contribution in [0.3, 0.4) is 0 Å². The van der Waals surface area contributed by atoms with E-state index in [1.165, 1.54) is 34.3 Å². The van der Waals surface area contributed by atoms with Crippen LogP contribution >= 0.6 is 27.3 Å². The van der Waals surface area contributed by atoms with Gasteiger partial charge in [0.1, 0.15) is 0 Å². The minimum Gasteiger partial charge on any atom is -0.389 e. The maximum absolute atomic E-state index is 10.5. The first-order valence-corrected chi connectivity index (χ1v) is 7.96. The van der Waals surface area contributed by atoms with Crippen LogP contribution in [0.15, 0.2) is 15.9 Å². The Hall–Kier alpha value is 0.1000. The van der Waals surface area contributed by atoms with Crippen molar-refractivity contribution in [2.75, 3.05) is 6.54 Å². The SMILES string of the molecule is OC1(CNCc2ccc(Br)s2)CCCCCC1. The molecule has 0 aromatic carbocycles. The van der Waals surface area contributed by atoms with Gasteiger partial charge in [-0.05, 0) is 40.9 Å². The van der Waals surface area contributed by atoms with Crippen molar-refractivity contribution in [3.63, 3.8) is 0 Å². The zero-order valence-corrected chi connectivity index (χ0v) is 12.4. The number of thiophene rings is 1. The average molecular weight is 318 g/mol. The molecule has 17 heavy (non-hydrogen) atoms. The van der Waals surface area contributed by atoms with E-state index in [4.69, 9.17) is 0 Å². The molecule has 1 aromatic heterocycles. The summed E-state index contributed by atoms with van der Waals surface area (Å²) in [6.45, 7) is 1.58. The van der Waals surface area contributed by atoms with E-state index in [9.17, 15) is 5.11 Å². The largest absolute Gasteiger partial charge is 0.389 e. The van der Waals surface area contributed by atoms with Crippen molar-refractivity contribution in [2.45, 2.75) is 50.7 Å². The molecule has 0 spiro atoms. The summed E-state index contributed by atoms with van der Waals surface area (Å²) < 4.78 is 1.17. The molecule has 1 aliphatic carbocycles. The van der Waals surface area contributed by atoms with Crippen molar-refractivity contribution in [1.29, 1.82) is 0 Å². The van der Waals surface area contributed by atoms with Gasteiger partial charge in [0, 0.05) is 18.0 Å². The van der Waals surface area contributed by atoms with Gasteiger partial charge in [0.05, 0.1) is 9.39 Å². The predicted molar refractivity (Wildman–Crippen MR) is 76.4 cm³/mol. The molecule has 96 valence electrons. The van der Waals surface area contributed by atoms with E-state index >= 15 is 0 Å². The zero-order valence-electron chi connectivity index (χ0n) is 10.0. The monoisotopic (exact) mass is 317 g/mol.